The molecule has 0 bridgehead atoms. The van der Waals surface area contributed by atoms with E-state index in [-0.39, 0.29) is 0 Å². The van der Waals surface area contributed by atoms with Crippen LogP contribution in [0.1, 0.15) is 31.6 Å². The number of piperidine rings is 1. The first kappa shape index (κ1) is 13.1. The van der Waals surface area contributed by atoms with Gasteiger partial charge in [0, 0.05) is 17.0 Å². The maximum atomic E-state index is 3.56. The molecule has 1 N–H and O–H groups in total. The van der Waals surface area contributed by atoms with Crippen molar-refractivity contribution in [2.45, 2.75) is 45.2 Å². The third-order valence-corrected chi connectivity index (χ3v) is 4.62. The van der Waals surface area contributed by atoms with Crippen molar-refractivity contribution < 1.29 is 0 Å². The molecule has 0 aromatic carbocycles. The van der Waals surface area contributed by atoms with Gasteiger partial charge < -0.3 is 10.2 Å². The van der Waals surface area contributed by atoms with Gasteiger partial charge in [-0.05, 0) is 57.3 Å². The summed E-state index contributed by atoms with van der Waals surface area (Å²) in [5, 5.41) is 5.74. The fraction of sp³-hybridized carbons (Fsp3) is 0.714. The summed E-state index contributed by atoms with van der Waals surface area (Å²) >= 11 is 1.88. The predicted octanol–water partition coefficient (Wildman–Crippen LogP) is 2.75. The van der Waals surface area contributed by atoms with E-state index >= 15 is 0 Å². The van der Waals surface area contributed by atoms with E-state index in [0.717, 1.165) is 12.6 Å². The van der Waals surface area contributed by atoms with Gasteiger partial charge in [-0.25, -0.2) is 0 Å². The lowest BCUT2D eigenvalue weighted by molar-refractivity contribution is 0.152. The van der Waals surface area contributed by atoms with Gasteiger partial charge in [-0.2, -0.15) is 0 Å². The number of nitrogens with one attached hydrogen (secondary N) is 1. The third kappa shape index (κ3) is 3.80. The molecule has 1 aliphatic rings. The zero-order valence-corrected chi connectivity index (χ0v) is 11.8. The van der Waals surface area contributed by atoms with Crippen LogP contribution in [0, 0.1) is 0 Å². The van der Waals surface area contributed by atoms with Crippen LogP contribution in [0.15, 0.2) is 17.5 Å². The highest BCUT2D eigenvalue weighted by Crippen LogP contribution is 2.18. The van der Waals surface area contributed by atoms with Gasteiger partial charge in [-0.3, -0.25) is 0 Å². The summed E-state index contributed by atoms with van der Waals surface area (Å²) < 4.78 is 0. The maximum absolute atomic E-state index is 3.56. The summed E-state index contributed by atoms with van der Waals surface area (Å²) in [6.07, 6.45) is 3.83. The Morgan fingerprint density at radius 2 is 2.24 bits per heavy atom. The number of thiophene rings is 1. The fourth-order valence-corrected chi connectivity index (χ4v) is 3.51. The molecular formula is C14H24N2S. The molecule has 0 aliphatic carbocycles. The maximum Gasteiger partial charge on any atom is 0.0115 e. The molecule has 0 spiro atoms. The van der Waals surface area contributed by atoms with Crippen LogP contribution in [0.2, 0.25) is 0 Å². The summed E-state index contributed by atoms with van der Waals surface area (Å²) in [7, 11) is 0. The Kier molecular flexibility index (Phi) is 5.01. The quantitative estimate of drug-likeness (QED) is 0.867. The van der Waals surface area contributed by atoms with E-state index in [2.05, 4.69) is 41.6 Å². The van der Waals surface area contributed by atoms with Crippen LogP contribution < -0.4 is 5.32 Å². The molecule has 1 fully saturated rings. The number of nitrogens with zero attached hydrogens (tertiary/aromatic N) is 1. The first-order valence-corrected chi connectivity index (χ1v) is 7.67. The minimum atomic E-state index is 0.691. The fourth-order valence-electron chi connectivity index (χ4n) is 2.68. The van der Waals surface area contributed by atoms with Crippen molar-refractivity contribution in [3.05, 3.63) is 22.4 Å². The minimum Gasteiger partial charge on any atom is -0.314 e. The average molecular weight is 252 g/mol. The van der Waals surface area contributed by atoms with Gasteiger partial charge in [-0.1, -0.05) is 13.0 Å². The van der Waals surface area contributed by atoms with Crippen LogP contribution in [0.3, 0.4) is 0 Å². The summed E-state index contributed by atoms with van der Waals surface area (Å²) in [4.78, 5) is 4.17. The zero-order valence-electron chi connectivity index (χ0n) is 11.0. The number of rotatable bonds is 5. The lowest BCUT2D eigenvalue weighted by Crippen LogP contribution is -2.46. The van der Waals surface area contributed by atoms with E-state index in [1.807, 2.05) is 11.3 Å². The van der Waals surface area contributed by atoms with Gasteiger partial charge in [0.05, 0.1) is 0 Å². The normalized spacial score (nSPS) is 20.6. The Labute approximate surface area is 109 Å². The van der Waals surface area contributed by atoms with E-state index in [0.29, 0.717) is 6.04 Å². The van der Waals surface area contributed by atoms with E-state index in [4.69, 9.17) is 0 Å². The molecule has 0 amide bonds. The third-order valence-electron chi connectivity index (χ3n) is 3.72. The van der Waals surface area contributed by atoms with E-state index in [1.165, 1.54) is 37.2 Å². The first-order valence-electron chi connectivity index (χ1n) is 6.79. The second-order valence-corrected chi connectivity index (χ2v) is 6.03. The van der Waals surface area contributed by atoms with Crippen molar-refractivity contribution in [3.8, 4) is 0 Å². The Hall–Kier alpha value is -0.380. The van der Waals surface area contributed by atoms with Crippen LogP contribution in [-0.2, 0) is 6.42 Å². The monoisotopic (exact) mass is 252 g/mol. The zero-order chi connectivity index (χ0) is 12.1. The van der Waals surface area contributed by atoms with Crippen molar-refractivity contribution in [1.29, 1.82) is 0 Å². The highest BCUT2D eigenvalue weighted by Gasteiger charge is 2.22. The lowest BCUT2D eigenvalue weighted by Gasteiger charge is -2.36. The second kappa shape index (κ2) is 6.53. The van der Waals surface area contributed by atoms with Crippen LogP contribution in [-0.4, -0.2) is 36.6 Å². The number of hydrogen-bond donors (Lipinski definition) is 1. The van der Waals surface area contributed by atoms with E-state index in [1.54, 1.807) is 0 Å². The molecule has 1 unspecified atom stereocenters. The smallest absolute Gasteiger partial charge is 0.0115 e. The van der Waals surface area contributed by atoms with Gasteiger partial charge in [0.25, 0.3) is 0 Å². The molecule has 1 atom stereocenters. The van der Waals surface area contributed by atoms with Gasteiger partial charge in [0.15, 0.2) is 0 Å². The largest absolute Gasteiger partial charge is 0.314 e. The lowest BCUT2D eigenvalue weighted by atomic mass is 10.0. The summed E-state index contributed by atoms with van der Waals surface area (Å²) in [6, 6.07) is 5.86. The summed E-state index contributed by atoms with van der Waals surface area (Å²) in [6.45, 7) is 8.18. The van der Waals surface area contributed by atoms with Crippen LogP contribution in [0.25, 0.3) is 0 Å². The molecule has 2 rings (SSSR count). The van der Waals surface area contributed by atoms with E-state index in [9.17, 15) is 0 Å². The second-order valence-electron chi connectivity index (χ2n) is 5.00. The van der Waals surface area contributed by atoms with E-state index < -0.39 is 0 Å². The average Bonchev–Trinajstić information content (AvgIpc) is 2.83. The SMILES string of the molecule is CCNC1CCN(C(C)Cc2cccs2)CC1. The Morgan fingerprint density at radius 1 is 1.47 bits per heavy atom. The molecule has 96 valence electrons. The molecule has 1 aromatic heterocycles. The minimum absolute atomic E-state index is 0.691. The summed E-state index contributed by atoms with van der Waals surface area (Å²) in [5.74, 6) is 0. The van der Waals surface area contributed by atoms with Crippen LogP contribution in [0.5, 0.6) is 0 Å². The highest BCUT2D eigenvalue weighted by atomic mass is 32.1. The molecule has 1 aromatic rings. The van der Waals surface area contributed by atoms with Crippen molar-refractivity contribution in [3.63, 3.8) is 0 Å². The number of likely N-dealkylation sites (tertiary alicyclic amines) is 1. The topological polar surface area (TPSA) is 15.3 Å². The van der Waals surface area contributed by atoms with Gasteiger partial charge >= 0.3 is 0 Å². The Bertz CT molecular complexity index is 302. The Balaban J connectivity index is 1.76. The molecule has 1 saturated heterocycles. The van der Waals surface area contributed by atoms with Crippen molar-refractivity contribution in [2.75, 3.05) is 19.6 Å². The molecular weight excluding hydrogens is 228 g/mol. The summed E-state index contributed by atoms with van der Waals surface area (Å²) in [5.41, 5.74) is 0. The van der Waals surface area contributed by atoms with Gasteiger partial charge in [0.2, 0.25) is 0 Å². The highest BCUT2D eigenvalue weighted by molar-refractivity contribution is 7.09. The van der Waals surface area contributed by atoms with Crippen molar-refractivity contribution >= 4 is 11.3 Å². The molecule has 0 saturated carbocycles. The number of hydrogen-bond acceptors (Lipinski definition) is 3. The molecule has 17 heavy (non-hydrogen) atoms. The molecule has 2 nitrogen and oxygen atoms in total. The Morgan fingerprint density at radius 3 is 2.82 bits per heavy atom. The van der Waals surface area contributed by atoms with Gasteiger partial charge in [0.1, 0.15) is 0 Å². The van der Waals surface area contributed by atoms with Gasteiger partial charge in [-0.15, -0.1) is 11.3 Å². The van der Waals surface area contributed by atoms with Crippen molar-refractivity contribution in [1.82, 2.24) is 10.2 Å². The van der Waals surface area contributed by atoms with Crippen LogP contribution >= 0.6 is 11.3 Å². The van der Waals surface area contributed by atoms with Crippen LogP contribution in [0.4, 0.5) is 0 Å². The predicted molar refractivity (Wildman–Crippen MR) is 75.8 cm³/mol. The van der Waals surface area contributed by atoms with Crippen molar-refractivity contribution in [2.24, 2.45) is 0 Å². The standard InChI is InChI=1S/C14H24N2S/c1-3-15-13-6-8-16(9-7-13)12(2)11-14-5-4-10-17-14/h4-5,10,12-13,15H,3,6-9,11H2,1-2H3. The first-order chi connectivity index (χ1) is 8.29. The molecule has 1 aliphatic heterocycles. The molecule has 0 radical (unpaired) electrons. The molecule has 3 heteroatoms. The molecule has 2 heterocycles.